The minimum absolute atomic E-state index is 0.0299. The van der Waals surface area contributed by atoms with Crippen LogP contribution in [0.3, 0.4) is 0 Å². The first kappa shape index (κ1) is 18.9. The Kier molecular flexibility index (Phi) is 5.32. The lowest BCUT2D eigenvalue weighted by Gasteiger charge is -2.29. The molecule has 1 aromatic carbocycles. The smallest absolute Gasteiger partial charge is 0.254 e. The summed E-state index contributed by atoms with van der Waals surface area (Å²) in [5, 5.41) is 4.43. The lowest BCUT2D eigenvalue weighted by atomic mass is 9.93. The Labute approximate surface area is 169 Å². The van der Waals surface area contributed by atoms with Crippen LogP contribution in [0.2, 0.25) is 5.02 Å². The summed E-state index contributed by atoms with van der Waals surface area (Å²) in [6.07, 6.45) is 4.88. The number of nitrogens with one attached hydrogen (secondary N) is 1. The molecule has 0 saturated heterocycles. The molecule has 1 aliphatic rings. The number of benzene rings is 1. The van der Waals surface area contributed by atoms with Crippen molar-refractivity contribution in [3.05, 3.63) is 46.9 Å². The minimum Gasteiger partial charge on any atom is -0.474 e. The number of amides is 1. The monoisotopic (exact) mass is 420 g/mol. The molecule has 0 radical (unpaired) electrons. The van der Waals surface area contributed by atoms with E-state index in [0.29, 0.717) is 15.7 Å². The van der Waals surface area contributed by atoms with E-state index in [1.807, 2.05) is 0 Å². The maximum absolute atomic E-state index is 14.0. The number of hydrogen-bond acceptors (Lipinski definition) is 6. The number of primary amides is 1. The van der Waals surface area contributed by atoms with Crippen LogP contribution in [0.5, 0.6) is 5.88 Å². The Morgan fingerprint density at radius 3 is 2.86 bits per heavy atom. The Balaban J connectivity index is 1.37. The highest BCUT2D eigenvalue weighted by molar-refractivity contribution is 7.22. The molecular formula is C19H18ClFN4O2S. The topological polar surface area (TPSA) is 90.1 Å². The minimum atomic E-state index is -0.554. The molecule has 9 heteroatoms. The molecule has 4 rings (SSSR count). The van der Waals surface area contributed by atoms with E-state index in [4.69, 9.17) is 22.1 Å². The normalized spacial score (nSPS) is 19.5. The molecule has 3 aromatic rings. The number of pyridine rings is 1. The largest absolute Gasteiger partial charge is 0.474 e. The maximum Gasteiger partial charge on any atom is 0.254 e. The van der Waals surface area contributed by atoms with Gasteiger partial charge in [0.2, 0.25) is 5.88 Å². The third kappa shape index (κ3) is 4.02. The van der Waals surface area contributed by atoms with Gasteiger partial charge in [-0.1, -0.05) is 22.9 Å². The first-order chi connectivity index (χ1) is 13.5. The van der Waals surface area contributed by atoms with Crippen molar-refractivity contribution in [1.82, 2.24) is 9.97 Å². The molecule has 0 bridgehead atoms. The molecule has 3 N–H and O–H groups in total. The number of halogens is 2. The molecule has 2 aromatic heterocycles. The summed E-state index contributed by atoms with van der Waals surface area (Å²) >= 11 is 7.30. The van der Waals surface area contributed by atoms with Gasteiger partial charge in [0.1, 0.15) is 17.2 Å². The van der Waals surface area contributed by atoms with Crippen LogP contribution in [-0.2, 0) is 0 Å². The van der Waals surface area contributed by atoms with E-state index in [2.05, 4.69) is 15.3 Å². The summed E-state index contributed by atoms with van der Waals surface area (Å²) < 4.78 is 20.6. The van der Waals surface area contributed by atoms with Crippen molar-refractivity contribution in [3.8, 4) is 5.88 Å². The summed E-state index contributed by atoms with van der Waals surface area (Å²) in [5.41, 5.74) is 6.00. The second kappa shape index (κ2) is 7.89. The van der Waals surface area contributed by atoms with Crippen molar-refractivity contribution in [2.75, 3.05) is 5.32 Å². The first-order valence-corrected chi connectivity index (χ1v) is 10.1. The van der Waals surface area contributed by atoms with Crippen LogP contribution < -0.4 is 15.8 Å². The third-order valence-corrected chi connectivity index (χ3v) is 5.88. The summed E-state index contributed by atoms with van der Waals surface area (Å²) in [6, 6.07) is 6.47. The third-order valence-electron chi connectivity index (χ3n) is 4.73. The van der Waals surface area contributed by atoms with Crippen molar-refractivity contribution < 1.29 is 13.9 Å². The molecule has 28 heavy (non-hydrogen) atoms. The molecule has 2 heterocycles. The number of fused-ring (bicyclic) bond motifs is 1. The number of nitrogens with two attached hydrogens (primary N) is 1. The number of aromatic nitrogens is 2. The Hall–Kier alpha value is -2.45. The van der Waals surface area contributed by atoms with Crippen molar-refractivity contribution in [2.45, 2.75) is 37.8 Å². The second-order valence-electron chi connectivity index (χ2n) is 6.71. The highest BCUT2D eigenvalue weighted by Gasteiger charge is 2.25. The SMILES string of the molecule is NC(=O)c1cccnc1OC1CCC(Nc2nc3c(F)cc(Cl)cc3s2)CC1. The molecule has 1 fully saturated rings. The van der Waals surface area contributed by atoms with E-state index in [0.717, 1.165) is 30.4 Å². The number of hydrogen-bond donors (Lipinski definition) is 2. The summed E-state index contributed by atoms with van der Waals surface area (Å²) in [7, 11) is 0. The Morgan fingerprint density at radius 1 is 1.32 bits per heavy atom. The average molecular weight is 421 g/mol. The van der Waals surface area contributed by atoms with E-state index < -0.39 is 11.7 Å². The highest BCUT2D eigenvalue weighted by atomic mass is 35.5. The van der Waals surface area contributed by atoms with Gasteiger partial charge in [-0.3, -0.25) is 4.79 Å². The van der Waals surface area contributed by atoms with Crippen LogP contribution in [-0.4, -0.2) is 28.0 Å². The number of carbonyl (C=O) groups is 1. The van der Waals surface area contributed by atoms with Gasteiger partial charge in [-0.05, 0) is 49.9 Å². The van der Waals surface area contributed by atoms with Crippen molar-refractivity contribution >= 4 is 44.2 Å². The van der Waals surface area contributed by atoms with E-state index >= 15 is 0 Å². The molecule has 0 atom stereocenters. The van der Waals surface area contributed by atoms with E-state index in [1.54, 1.807) is 24.4 Å². The molecule has 1 amide bonds. The maximum atomic E-state index is 14.0. The quantitative estimate of drug-likeness (QED) is 0.639. The lowest BCUT2D eigenvalue weighted by molar-refractivity contribution is 0.0983. The highest BCUT2D eigenvalue weighted by Crippen LogP contribution is 2.33. The van der Waals surface area contributed by atoms with Gasteiger partial charge in [0.15, 0.2) is 10.9 Å². The summed E-state index contributed by atoms with van der Waals surface area (Å²) in [5.74, 6) is -0.684. The van der Waals surface area contributed by atoms with Gasteiger partial charge in [-0.2, -0.15) is 0 Å². The molecule has 0 aliphatic heterocycles. The second-order valence-corrected chi connectivity index (χ2v) is 8.18. The fourth-order valence-electron chi connectivity index (χ4n) is 3.35. The zero-order valence-electron chi connectivity index (χ0n) is 14.8. The van der Waals surface area contributed by atoms with Crippen LogP contribution in [0.1, 0.15) is 36.0 Å². The van der Waals surface area contributed by atoms with Gasteiger partial charge in [0.25, 0.3) is 5.91 Å². The number of rotatable bonds is 5. The summed E-state index contributed by atoms with van der Waals surface area (Å²) in [6.45, 7) is 0. The van der Waals surface area contributed by atoms with Crippen LogP contribution in [0.4, 0.5) is 9.52 Å². The summed E-state index contributed by atoms with van der Waals surface area (Å²) in [4.78, 5) is 20.0. The fraction of sp³-hybridized carbons (Fsp3) is 0.316. The molecule has 1 aliphatic carbocycles. The molecule has 0 spiro atoms. The lowest BCUT2D eigenvalue weighted by Crippen LogP contribution is -2.31. The van der Waals surface area contributed by atoms with Gasteiger partial charge in [-0.15, -0.1) is 0 Å². The number of carbonyl (C=O) groups excluding carboxylic acids is 1. The number of ether oxygens (including phenoxy) is 1. The zero-order chi connectivity index (χ0) is 19.7. The molecular weight excluding hydrogens is 403 g/mol. The first-order valence-electron chi connectivity index (χ1n) is 8.93. The van der Waals surface area contributed by atoms with Crippen LogP contribution in [0, 0.1) is 5.82 Å². The predicted octanol–water partition coefficient (Wildman–Crippen LogP) is 4.38. The van der Waals surface area contributed by atoms with Crippen LogP contribution in [0.15, 0.2) is 30.5 Å². The van der Waals surface area contributed by atoms with Gasteiger partial charge in [0, 0.05) is 17.3 Å². The molecule has 1 saturated carbocycles. The molecule has 6 nitrogen and oxygen atoms in total. The van der Waals surface area contributed by atoms with Gasteiger partial charge < -0.3 is 15.8 Å². The van der Waals surface area contributed by atoms with E-state index in [9.17, 15) is 9.18 Å². The molecule has 146 valence electrons. The van der Waals surface area contributed by atoms with Crippen LogP contribution >= 0.6 is 22.9 Å². The van der Waals surface area contributed by atoms with Crippen molar-refractivity contribution in [3.63, 3.8) is 0 Å². The van der Waals surface area contributed by atoms with Gasteiger partial charge in [-0.25, -0.2) is 14.4 Å². The standard InChI is InChI=1S/C19H18ClFN4O2S/c20-10-8-14(21)16-15(9-10)28-19(25-16)24-11-3-5-12(6-4-11)27-18-13(17(22)26)2-1-7-23-18/h1-2,7-9,11-12H,3-6H2,(H2,22,26)(H,24,25). The van der Waals surface area contributed by atoms with E-state index in [-0.39, 0.29) is 23.6 Å². The Bertz CT molecular complexity index is 1020. The van der Waals surface area contributed by atoms with E-state index in [1.165, 1.54) is 17.4 Å². The van der Waals surface area contributed by atoms with Gasteiger partial charge in [0.05, 0.1) is 4.70 Å². The predicted molar refractivity (Wildman–Crippen MR) is 108 cm³/mol. The van der Waals surface area contributed by atoms with Crippen LogP contribution in [0.25, 0.3) is 10.2 Å². The average Bonchev–Trinajstić information content (AvgIpc) is 3.06. The molecule has 0 unspecified atom stereocenters. The van der Waals surface area contributed by atoms with Crippen molar-refractivity contribution in [1.29, 1.82) is 0 Å². The Morgan fingerprint density at radius 2 is 2.11 bits per heavy atom. The van der Waals surface area contributed by atoms with Gasteiger partial charge >= 0.3 is 0 Å². The number of thiazole rings is 1. The fourth-order valence-corrected chi connectivity index (χ4v) is 4.61. The van der Waals surface area contributed by atoms with Crippen molar-refractivity contribution in [2.24, 2.45) is 5.73 Å². The zero-order valence-corrected chi connectivity index (χ0v) is 16.4. The number of nitrogens with zero attached hydrogens (tertiary/aromatic N) is 2. The number of anilines is 1.